The Bertz CT molecular complexity index is 608. The Morgan fingerprint density at radius 1 is 1.38 bits per heavy atom. The number of nitrogens with zero attached hydrogens (tertiary/aromatic N) is 1. The molecular weight excluding hydrogens is 315 g/mol. The van der Waals surface area contributed by atoms with E-state index >= 15 is 0 Å². The number of ether oxygens (including phenoxy) is 2. The lowest BCUT2D eigenvalue weighted by Crippen LogP contribution is -2.52. The van der Waals surface area contributed by atoms with E-state index in [-0.39, 0.29) is 30.0 Å². The van der Waals surface area contributed by atoms with E-state index in [9.17, 15) is 14.0 Å². The first-order chi connectivity index (χ1) is 11.5. The van der Waals surface area contributed by atoms with E-state index in [0.29, 0.717) is 18.7 Å². The number of piperidine rings is 1. The monoisotopic (exact) mass is 338 g/mol. The van der Waals surface area contributed by atoms with Gasteiger partial charge in [0.15, 0.2) is 0 Å². The molecule has 132 valence electrons. The molecule has 2 N–H and O–H groups in total. The normalized spacial score (nSPS) is 20.7. The van der Waals surface area contributed by atoms with Gasteiger partial charge in [0.2, 0.25) is 5.91 Å². The van der Waals surface area contributed by atoms with Gasteiger partial charge in [0.25, 0.3) is 5.91 Å². The molecule has 0 saturated carbocycles. The van der Waals surface area contributed by atoms with Crippen molar-refractivity contribution in [3.63, 3.8) is 0 Å². The molecule has 1 fully saturated rings. The summed E-state index contributed by atoms with van der Waals surface area (Å²) >= 11 is 0. The minimum Gasteiger partial charge on any atom is -0.496 e. The molecule has 1 saturated heterocycles. The molecule has 1 aromatic rings. The van der Waals surface area contributed by atoms with E-state index in [2.05, 4.69) is 0 Å². The van der Waals surface area contributed by atoms with Crippen LogP contribution in [0.2, 0.25) is 0 Å². The minimum absolute atomic E-state index is 0.161. The van der Waals surface area contributed by atoms with Gasteiger partial charge in [-0.15, -0.1) is 0 Å². The summed E-state index contributed by atoms with van der Waals surface area (Å²) in [6.07, 6.45) is 1.96. The molecule has 1 heterocycles. The van der Waals surface area contributed by atoms with Crippen molar-refractivity contribution < 1.29 is 23.5 Å². The van der Waals surface area contributed by atoms with Gasteiger partial charge >= 0.3 is 0 Å². The largest absolute Gasteiger partial charge is 0.496 e. The topological polar surface area (TPSA) is 81.9 Å². The third-order valence-electron chi connectivity index (χ3n) is 4.36. The van der Waals surface area contributed by atoms with Gasteiger partial charge in [-0.05, 0) is 37.5 Å². The molecule has 1 aliphatic heterocycles. The molecule has 0 radical (unpaired) electrons. The molecule has 2 atom stereocenters. The summed E-state index contributed by atoms with van der Waals surface area (Å²) in [6.45, 7) is 0.516. The van der Waals surface area contributed by atoms with Crippen molar-refractivity contribution in [1.82, 2.24) is 4.90 Å². The highest BCUT2D eigenvalue weighted by Gasteiger charge is 2.35. The summed E-state index contributed by atoms with van der Waals surface area (Å²) in [6, 6.07) is 3.56. The fraction of sp³-hybridized carbons (Fsp3) is 0.529. The molecule has 24 heavy (non-hydrogen) atoms. The van der Waals surface area contributed by atoms with Crippen LogP contribution < -0.4 is 10.5 Å². The van der Waals surface area contributed by atoms with E-state index in [1.165, 1.54) is 25.3 Å². The summed E-state index contributed by atoms with van der Waals surface area (Å²) in [5.41, 5.74) is 5.41. The van der Waals surface area contributed by atoms with Crippen LogP contribution in [0.3, 0.4) is 0 Å². The van der Waals surface area contributed by atoms with E-state index in [0.717, 1.165) is 12.8 Å². The van der Waals surface area contributed by atoms with E-state index in [1.54, 1.807) is 12.0 Å². The second-order valence-corrected chi connectivity index (χ2v) is 5.83. The maximum atomic E-state index is 13.6. The molecule has 0 bridgehead atoms. The molecule has 2 rings (SSSR count). The number of rotatable bonds is 6. The van der Waals surface area contributed by atoms with Crippen molar-refractivity contribution in [2.75, 3.05) is 20.8 Å². The zero-order valence-corrected chi connectivity index (χ0v) is 14.0. The first kappa shape index (κ1) is 18.2. The second kappa shape index (κ2) is 8.10. The molecule has 1 aliphatic rings. The third kappa shape index (κ3) is 4.03. The Morgan fingerprint density at radius 3 is 2.75 bits per heavy atom. The van der Waals surface area contributed by atoms with Crippen LogP contribution in [0.4, 0.5) is 4.39 Å². The number of hydrogen-bond acceptors (Lipinski definition) is 4. The second-order valence-electron chi connectivity index (χ2n) is 5.83. The van der Waals surface area contributed by atoms with Crippen LogP contribution in [0.25, 0.3) is 0 Å². The Labute approximate surface area is 140 Å². The van der Waals surface area contributed by atoms with Crippen LogP contribution in [0.1, 0.15) is 36.0 Å². The van der Waals surface area contributed by atoms with Gasteiger partial charge in [0.1, 0.15) is 11.6 Å². The first-order valence-electron chi connectivity index (χ1n) is 7.93. The van der Waals surface area contributed by atoms with Crippen LogP contribution >= 0.6 is 0 Å². The molecule has 6 nitrogen and oxygen atoms in total. The van der Waals surface area contributed by atoms with Gasteiger partial charge < -0.3 is 20.1 Å². The summed E-state index contributed by atoms with van der Waals surface area (Å²) in [4.78, 5) is 25.7. The maximum absolute atomic E-state index is 13.6. The summed E-state index contributed by atoms with van der Waals surface area (Å²) in [5, 5.41) is 0. The number of primary amides is 1. The summed E-state index contributed by atoms with van der Waals surface area (Å²) in [5.74, 6) is -0.948. The highest BCUT2D eigenvalue weighted by molar-refractivity contribution is 5.97. The number of nitrogens with two attached hydrogens (primary N) is 1. The van der Waals surface area contributed by atoms with Crippen molar-refractivity contribution in [2.45, 2.75) is 37.8 Å². The SMILES string of the molecule is COc1ccc(F)cc1C(=O)N1CCC[C@H](OC)[C@@H]1CCC(N)=O. The molecule has 0 aromatic heterocycles. The van der Waals surface area contributed by atoms with Gasteiger partial charge in [0, 0.05) is 20.1 Å². The van der Waals surface area contributed by atoms with Crippen LogP contribution in [-0.2, 0) is 9.53 Å². The lowest BCUT2D eigenvalue weighted by molar-refractivity contribution is -0.118. The van der Waals surface area contributed by atoms with Crippen LogP contribution in [-0.4, -0.2) is 49.6 Å². The van der Waals surface area contributed by atoms with E-state index < -0.39 is 11.7 Å². The van der Waals surface area contributed by atoms with Crippen molar-refractivity contribution in [2.24, 2.45) is 5.73 Å². The van der Waals surface area contributed by atoms with Gasteiger partial charge in [-0.25, -0.2) is 4.39 Å². The Morgan fingerprint density at radius 2 is 2.12 bits per heavy atom. The van der Waals surface area contributed by atoms with Gasteiger partial charge in [-0.1, -0.05) is 0 Å². The molecule has 0 aliphatic carbocycles. The number of benzene rings is 1. The van der Waals surface area contributed by atoms with Crippen LogP contribution in [0.5, 0.6) is 5.75 Å². The van der Waals surface area contributed by atoms with Gasteiger partial charge in [0.05, 0.1) is 24.8 Å². The van der Waals surface area contributed by atoms with Gasteiger partial charge in [-0.3, -0.25) is 9.59 Å². The van der Waals surface area contributed by atoms with Gasteiger partial charge in [-0.2, -0.15) is 0 Å². The molecule has 2 amide bonds. The molecule has 1 aromatic carbocycles. The average molecular weight is 338 g/mol. The summed E-state index contributed by atoms with van der Waals surface area (Å²) in [7, 11) is 3.02. The summed E-state index contributed by atoms with van der Waals surface area (Å²) < 4.78 is 24.3. The average Bonchev–Trinajstić information content (AvgIpc) is 2.58. The van der Waals surface area contributed by atoms with E-state index in [1.807, 2.05) is 0 Å². The molecule has 7 heteroatoms. The quantitative estimate of drug-likeness (QED) is 0.856. The number of carbonyl (C=O) groups is 2. The fourth-order valence-electron chi connectivity index (χ4n) is 3.18. The fourth-order valence-corrected chi connectivity index (χ4v) is 3.18. The predicted octanol–water partition coefficient (Wildman–Crippen LogP) is 1.72. The number of methoxy groups -OCH3 is 2. The zero-order valence-electron chi connectivity index (χ0n) is 14.0. The van der Waals surface area contributed by atoms with E-state index in [4.69, 9.17) is 15.2 Å². The molecule has 0 spiro atoms. The zero-order chi connectivity index (χ0) is 17.7. The standard InChI is InChI=1S/C17H23FN2O4/c1-23-14-7-5-11(18)10-12(14)17(22)20-9-3-4-15(24-2)13(20)6-8-16(19)21/h5,7,10,13,15H,3-4,6,8-9H2,1-2H3,(H2,19,21)/t13-,15-/m0/s1. The third-order valence-corrected chi connectivity index (χ3v) is 4.36. The Balaban J connectivity index is 2.30. The predicted molar refractivity (Wildman–Crippen MR) is 86.2 cm³/mol. The highest BCUT2D eigenvalue weighted by atomic mass is 19.1. The van der Waals surface area contributed by atoms with Crippen LogP contribution in [0, 0.1) is 5.82 Å². The molecule has 0 unspecified atom stereocenters. The molecular formula is C17H23FN2O4. The lowest BCUT2D eigenvalue weighted by atomic mass is 9.93. The lowest BCUT2D eigenvalue weighted by Gasteiger charge is -2.40. The van der Waals surface area contributed by atoms with Crippen molar-refractivity contribution >= 4 is 11.8 Å². The smallest absolute Gasteiger partial charge is 0.258 e. The van der Waals surface area contributed by atoms with Crippen LogP contribution in [0.15, 0.2) is 18.2 Å². The highest BCUT2D eigenvalue weighted by Crippen LogP contribution is 2.28. The number of hydrogen-bond donors (Lipinski definition) is 1. The minimum atomic E-state index is -0.506. The van der Waals surface area contributed by atoms with Crippen molar-refractivity contribution in [3.8, 4) is 5.75 Å². The van der Waals surface area contributed by atoms with Crippen molar-refractivity contribution in [1.29, 1.82) is 0 Å². The van der Waals surface area contributed by atoms with Crippen molar-refractivity contribution in [3.05, 3.63) is 29.6 Å². The number of likely N-dealkylation sites (tertiary alicyclic amines) is 1. The Kier molecular flexibility index (Phi) is 6.14. The number of amides is 2. The number of carbonyl (C=O) groups excluding carboxylic acids is 2. The Hall–Kier alpha value is -2.15. The number of halogens is 1. The maximum Gasteiger partial charge on any atom is 0.258 e. The first-order valence-corrected chi connectivity index (χ1v) is 7.93.